The first-order chi connectivity index (χ1) is 67.7. The number of fused-ring (bicyclic) bond motifs is 2. The zero-order chi connectivity index (χ0) is 108. The van der Waals surface area contributed by atoms with Gasteiger partial charge in [0.15, 0.2) is 0 Å². The maximum atomic E-state index is 13.8. The van der Waals surface area contributed by atoms with E-state index in [0.717, 1.165) is 18.2 Å². The number of pyridine rings is 2. The Morgan fingerprint density at radius 2 is 0.752 bits per heavy atom. The van der Waals surface area contributed by atoms with Gasteiger partial charge in [-0.1, -0.05) is 12.1 Å². The number of sulfonamides is 2. The SMILES string of the molecule is CN[C@@H](CCC(=O)N[C@@H](CS(=O)(=O)O)C(=O)N[C@@H](CS(O)(O)O)C(=O)NCCNC(=O)CCCOc1cc(C)c(S(=O)(=O)N[C@@H](CNC(=O)c2cn(C)c3cc(CNc4nccn4C)ccc3c2=O)C(=O)O)c(C)c1)C(=O)N[C@@H](CS(=O)(=O)O)C(=O)N[C@@H](CS(O)(O)O)C(=O)NCCNC(=O)CCCOc1cc(C)c(S(=O)(=O)N[C@@H](CNC(=O)c2cn(C)c3cc(CNc4nccn4C)ccc3c2=O)C(=O)O)c(C)c1. The van der Waals surface area contributed by atoms with Crippen LogP contribution in [0.1, 0.15) is 92.6 Å². The molecule has 0 aliphatic carbocycles. The van der Waals surface area contributed by atoms with Crippen LogP contribution in [-0.2, 0) is 130 Å². The van der Waals surface area contributed by atoms with E-state index in [-0.39, 0.29) is 117 Å². The molecule has 0 spiro atoms. The van der Waals surface area contributed by atoms with Crippen molar-refractivity contribution in [2.45, 2.75) is 131 Å². The number of carbonyl (C=O) groups is 12. The van der Waals surface area contributed by atoms with Gasteiger partial charge in [-0.2, -0.15) is 26.3 Å². The number of hydrogen-bond donors (Lipinski definition) is 25. The zero-order valence-electron chi connectivity index (χ0n) is 79.3. The number of carboxylic acids is 2. The van der Waals surface area contributed by atoms with Gasteiger partial charge < -0.3 is 134 Å². The highest BCUT2D eigenvalue weighted by Gasteiger charge is 2.39. The van der Waals surface area contributed by atoms with Crippen molar-refractivity contribution in [1.29, 1.82) is 0 Å². The molecule has 4 aromatic heterocycles. The third-order valence-corrected chi connectivity index (χ3v) is 28.2. The molecule has 4 heterocycles. The molecule has 55 nitrogen and oxygen atoms in total. The first kappa shape index (κ1) is 117. The number of benzene rings is 4. The predicted molar refractivity (Wildman–Crippen MR) is 524 cm³/mol. The van der Waals surface area contributed by atoms with Gasteiger partial charge in [0.2, 0.25) is 90.1 Å². The number of carbonyl (C=O) groups excluding carboxylic acids is 10. The standard InChI is InChI=1S/C84H115N21O34S6/c1-46-30-52(31-47(2)72(46)144(134,135)100-59(81(118)119)38-92-74(111)56-40-104(8)65-34-50(14-16-54(65)70(56)109)36-94-83-90-24-26-102(83)6)138-28-10-12-67(106)86-20-22-88-76(113)61(42-140(122,123)124)97-79(116)63(44-142(128,129)130)96-69(108)19-18-58(85-5)78(115)99-64(45-143(131,132)133)80(117)98-62(43-141(125,126)127)77(114)89-23-21-87-68(107)13-11-29-139-53-32-48(3)73(49(4)33-53)145(136,137)101-60(82(120)121)39-93-75(112)57-41-105(9)66-35-51(15-17-55(66)71(57)110)37-95-84-91-25-27-103(84)7/h14-17,24-27,30-35,40-41,58-64,85,100-101,122-127H,10-13,18-23,28-29,36-39,42-45H2,1-9H3,(H,86,106)(H,87,107)(H,88,113)(H,89,114)(H,90,94)(H,91,95)(H,92,111)(H,93,112)(H,96,108)(H,97,116)(H,98,117)(H,99,115)(H,118,119)(H,120,121)(H,128,129,130)(H,131,132,133)/t58-,59-,60-,61-,62-,63-,64-/m0/s1. The molecule has 0 bridgehead atoms. The number of nitrogens with zero attached hydrogens (tertiary/aromatic N) is 6. The molecule has 8 rings (SSSR count). The van der Waals surface area contributed by atoms with Gasteiger partial charge in [-0.25, -0.2) is 26.8 Å². The van der Waals surface area contributed by atoms with Crippen LogP contribution in [-0.4, -0.2) is 304 Å². The number of aromatic nitrogens is 6. The maximum absolute atomic E-state index is 13.8. The lowest BCUT2D eigenvalue weighted by molar-refractivity contribution is -0.139. The second-order valence-electron chi connectivity index (χ2n) is 33.3. The van der Waals surface area contributed by atoms with Gasteiger partial charge in [-0.15, -0.1) is 0 Å². The zero-order valence-corrected chi connectivity index (χ0v) is 84.2. The highest BCUT2D eigenvalue weighted by molar-refractivity contribution is 8.19. The van der Waals surface area contributed by atoms with E-state index in [1.807, 2.05) is 35.4 Å². The molecule has 796 valence electrons. The molecule has 0 aliphatic heterocycles. The fourth-order valence-corrected chi connectivity index (χ4v) is 20.7. The van der Waals surface area contributed by atoms with Crippen LogP contribution in [0.25, 0.3) is 21.8 Å². The Morgan fingerprint density at radius 1 is 0.407 bits per heavy atom. The van der Waals surface area contributed by atoms with Crippen LogP contribution in [0.15, 0.2) is 117 Å². The van der Waals surface area contributed by atoms with Crippen molar-refractivity contribution < 1.29 is 147 Å². The fraction of sp³-hybridized carbons (Fsp3) is 0.429. The Hall–Kier alpha value is -13.4. The van der Waals surface area contributed by atoms with E-state index in [4.69, 9.17) is 9.47 Å². The summed E-state index contributed by atoms with van der Waals surface area (Å²) in [7, 11) is -21.4. The summed E-state index contributed by atoms with van der Waals surface area (Å²) in [6.07, 6.45) is 7.30. The van der Waals surface area contributed by atoms with Gasteiger partial charge in [0.05, 0.1) is 73.3 Å². The molecule has 0 fully saturated rings. The molecule has 4 aromatic carbocycles. The molecule has 10 amide bonds. The van der Waals surface area contributed by atoms with Crippen molar-refractivity contribution in [1.82, 2.24) is 96.2 Å². The van der Waals surface area contributed by atoms with Crippen LogP contribution in [0, 0.1) is 27.7 Å². The van der Waals surface area contributed by atoms with Crippen LogP contribution in [0.4, 0.5) is 11.9 Å². The van der Waals surface area contributed by atoms with Gasteiger partial charge in [-0.3, -0.25) is 76.2 Å². The molecular weight excluding hydrogens is 2040 g/mol. The summed E-state index contributed by atoms with van der Waals surface area (Å²) < 4.78 is 206. The molecule has 0 saturated carbocycles. The average molecular weight is 2160 g/mol. The fourth-order valence-electron chi connectivity index (χ4n) is 14.7. The number of aliphatic carboxylic acids is 2. The highest BCUT2D eigenvalue weighted by atomic mass is 32.3. The van der Waals surface area contributed by atoms with Crippen LogP contribution in [0.5, 0.6) is 11.5 Å². The van der Waals surface area contributed by atoms with E-state index in [0.29, 0.717) is 36.0 Å². The van der Waals surface area contributed by atoms with Crippen LogP contribution < -0.4 is 98.9 Å². The van der Waals surface area contributed by atoms with E-state index in [9.17, 15) is 147 Å². The second-order valence-corrected chi connectivity index (χ2v) is 42.8. The van der Waals surface area contributed by atoms with Crippen molar-refractivity contribution in [2.75, 3.05) is 93.2 Å². The molecule has 0 radical (unpaired) electrons. The molecule has 145 heavy (non-hydrogen) atoms. The molecule has 61 heteroatoms. The first-order valence-electron chi connectivity index (χ1n) is 43.8. The summed E-state index contributed by atoms with van der Waals surface area (Å²) in [5.41, 5.74) is 0.917. The lowest BCUT2D eigenvalue weighted by atomic mass is 10.1. The molecule has 0 unspecified atom stereocenters. The number of amides is 10. The molecule has 25 N–H and O–H groups in total. The summed E-state index contributed by atoms with van der Waals surface area (Å²) in [4.78, 5) is 193. The smallest absolute Gasteiger partial charge is 0.323 e. The van der Waals surface area contributed by atoms with E-state index in [1.165, 1.54) is 64.4 Å². The van der Waals surface area contributed by atoms with Crippen LogP contribution >= 0.6 is 21.7 Å². The number of imidazole rings is 2. The summed E-state index contributed by atoms with van der Waals surface area (Å²) >= 11 is 0. The highest BCUT2D eigenvalue weighted by Crippen LogP contribution is 2.35. The van der Waals surface area contributed by atoms with E-state index >= 15 is 0 Å². The largest absolute Gasteiger partial charge is 0.494 e. The lowest BCUT2D eigenvalue weighted by Crippen LogP contribution is -2.59. The summed E-state index contributed by atoms with van der Waals surface area (Å²) in [6, 6.07) is 0.605. The number of nitrogens with one attached hydrogen (secondary N) is 15. The summed E-state index contributed by atoms with van der Waals surface area (Å²) in [6.45, 7) is 2.80. The second kappa shape index (κ2) is 51.4. The van der Waals surface area contributed by atoms with Crippen LogP contribution in [0.3, 0.4) is 0 Å². The van der Waals surface area contributed by atoms with Gasteiger partial charge >= 0.3 is 11.9 Å². The number of likely N-dealkylation sites (N-methyl/N-ethyl adjacent to an activating group) is 1. The van der Waals surface area contributed by atoms with Crippen molar-refractivity contribution >= 4 is 167 Å². The van der Waals surface area contributed by atoms with Gasteiger partial charge in [-0.05, 0) is 136 Å². The normalized spacial score (nSPS) is 13.6. The molecule has 7 atom stereocenters. The molecular formula is C84H115N21O34S6. The number of hydrogen-bond acceptors (Lipinski definition) is 35. The topological polar surface area (TPSA) is 822 Å². The monoisotopic (exact) mass is 2150 g/mol. The van der Waals surface area contributed by atoms with Crippen molar-refractivity contribution in [3.8, 4) is 11.5 Å². The van der Waals surface area contributed by atoms with Gasteiger partial charge in [0, 0.05) is 148 Å². The van der Waals surface area contributed by atoms with Crippen molar-refractivity contribution in [3.05, 3.63) is 163 Å². The third-order valence-electron chi connectivity index (χ3n) is 21.6. The van der Waals surface area contributed by atoms with E-state index in [2.05, 4.69) is 67.3 Å². The Kier molecular flexibility index (Phi) is 41.4. The lowest BCUT2D eigenvalue weighted by Gasteiger charge is -2.28. The maximum Gasteiger partial charge on any atom is 0.323 e. The molecule has 0 aliphatic rings. The quantitative estimate of drug-likeness (QED) is 0.0140. The Bertz CT molecular complexity index is 6740. The van der Waals surface area contributed by atoms with Gasteiger partial charge in [0.1, 0.15) is 70.4 Å². The number of rotatable bonds is 57. The predicted octanol–water partition coefficient (Wildman–Crippen LogP) is -2.35. The van der Waals surface area contributed by atoms with Crippen LogP contribution in [0.2, 0.25) is 0 Å². The Balaban J connectivity index is 0.746. The number of ether oxygens (including phenoxy) is 2. The minimum absolute atomic E-state index is 0.0290. The number of aryl methyl sites for hydroxylation is 8. The average Bonchev–Trinajstić information content (AvgIpc) is 1.76. The third kappa shape index (κ3) is 35.8. The molecule has 8 aromatic rings. The Labute approximate surface area is 832 Å². The summed E-state index contributed by atoms with van der Waals surface area (Å²) in [5.74, 6) is -19.7. The Morgan fingerprint density at radius 3 is 1.08 bits per heavy atom. The van der Waals surface area contributed by atoms with Gasteiger partial charge in [0.25, 0.3) is 32.1 Å². The van der Waals surface area contributed by atoms with Crippen molar-refractivity contribution in [2.24, 2.45) is 28.2 Å². The molecule has 0 saturated heterocycles. The minimum atomic E-state index is -5.28. The number of carboxylic acid groups (broad SMARTS) is 2. The number of anilines is 2. The first-order valence-corrected chi connectivity index (χ1v) is 53.3. The minimum Gasteiger partial charge on any atom is -0.494 e. The van der Waals surface area contributed by atoms with E-state index < -0.39 is 248 Å². The van der Waals surface area contributed by atoms with E-state index in [1.54, 1.807) is 93.5 Å². The van der Waals surface area contributed by atoms with Crippen molar-refractivity contribution in [3.63, 3.8) is 0 Å². The summed E-state index contributed by atoms with van der Waals surface area (Å²) in [5, 5.41) is 51.0.